The van der Waals surface area contributed by atoms with Crippen molar-refractivity contribution in [2.45, 2.75) is 13.8 Å². The van der Waals surface area contributed by atoms with Crippen LogP contribution in [0.25, 0.3) is 11.3 Å². The van der Waals surface area contributed by atoms with E-state index in [0.717, 1.165) is 11.1 Å². The van der Waals surface area contributed by atoms with Crippen LogP contribution in [0.5, 0.6) is 5.75 Å². The minimum absolute atomic E-state index is 0.112. The fraction of sp³-hybridized carbons (Fsp3) is 0.105. The molecule has 2 aromatic carbocycles. The number of phenols is 1. The Labute approximate surface area is 145 Å². The molecule has 0 saturated heterocycles. The number of aromatic hydroxyl groups is 1. The van der Waals surface area contributed by atoms with Crippen molar-refractivity contribution in [2.75, 3.05) is 0 Å². The van der Waals surface area contributed by atoms with E-state index in [4.69, 9.17) is 0 Å². The Morgan fingerprint density at radius 1 is 1.16 bits per heavy atom. The summed E-state index contributed by atoms with van der Waals surface area (Å²) < 4.78 is 0. The Morgan fingerprint density at radius 2 is 1.88 bits per heavy atom. The Kier molecular flexibility index (Phi) is 4.61. The predicted molar refractivity (Wildman–Crippen MR) is 96.5 cm³/mol. The molecule has 1 amide bonds. The molecule has 1 heterocycles. The lowest BCUT2D eigenvalue weighted by atomic mass is 10.1. The van der Waals surface area contributed by atoms with Gasteiger partial charge in [-0.2, -0.15) is 10.2 Å². The van der Waals surface area contributed by atoms with Crippen molar-refractivity contribution < 1.29 is 9.90 Å². The molecule has 3 N–H and O–H groups in total. The van der Waals surface area contributed by atoms with Crippen LogP contribution in [0, 0.1) is 6.92 Å². The minimum atomic E-state index is -0.402. The zero-order valence-electron chi connectivity index (χ0n) is 13.9. The summed E-state index contributed by atoms with van der Waals surface area (Å²) in [7, 11) is 0. The van der Waals surface area contributed by atoms with Gasteiger partial charge < -0.3 is 5.11 Å². The number of rotatable bonds is 4. The van der Waals surface area contributed by atoms with Gasteiger partial charge in [0.05, 0.1) is 11.4 Å². The summed E-state index contributed by atoms with van der Waals surface area (Å²) in [6.07, 6.45) is 0. The third-order valence-corrected chi connectivity index (χ3v) is 3.79. The molecule has 0 saturated carbocycles. The van der Waals surface area contributed by atoms with Gasteiger partial charge in [0.2, 0.25) is 0 Å². The normalized spacial score (nSPS) is 11.4. The molecule has 126 valence electrons. The SMILES string of the molecule is C/C(=N/NC(=O)c1cc(-c2ccc(C)cc2)n[nH]1)c1ccccc1O. The fourth-order valence-electron chi connectivity index (χ4n) is 2.34. The number of phenolic OH excluding ortho intramolecular Hbond substituents is 1. The van der Waals surface area contributed by atoms with Crippen molar-refractivity contribution in [3.05, 3.63) is 71.4 Å². The van der Waals surface area contributed by atoms with E-state index < -0.39 is 5.91 Å². The minimum Gasteiger partial charge on any atom is -0.507 e. The lowest BCUT2D eigenvalue weighted by Crippen LogP contribution is -2.19. The van der Waals surface area contributed by atoms with E-state index in [1.54, 1.807) is 37.3 Å². The number of para-hydroxylation sites is 1. The van der Waals surface area contributed by atoms with E-state index in [1.165, 1.54) is 0 Å². The second-order valence-electron chi connectivity index (χ2n) is 5.69. The largest absolute Gasteiger partial charge is 0.507 e. The van der Waals surface area contributed by atoms with Crippen LogP contribution in [0.2, 0.25) is 0 Å². The first-order valence-electron chi connectivity index (χ1n) is 7.80. The first-order chi connectivity index (χ1) is 12.0. The maximum Gasteiger partial charge on any atom is 0.289 e. The van der Waals surface area contributed by atoms with Gasteiger partial charge in [-0.05, 0) is 32.0 Å². The first kappa shape index (κ1) is 16.4. The van der Waals surface area contributed by atoms with E-state index in [9.17, 15) is 9.90 Å². The quantitative estimate of drug-likeness (QED) is 0.505. The molecule has 0 aliphatic rings. The number of aromatic nitrogens is 2. The molecule has 0 aliphatic carbocycles. The second kappa shape index (κ2) is 7.00. The number of nitrogens with one attached hydrogen (secondary N) is 2. The average Bonchev–Trinajstić information content (AvgIpc) is 3.10. The van der Waals surface area contributed by atoms with Gasteiger partial charge in [-0.25, -0.2) is 5.43 Å². The van der Waals surface area contributed by atoms with Crippen LogP contribution >= 0.6 is 0 Å². The zero-order chi connectivity index (χ0) is 17.8. The van der Waals surface area contributed by atoms with Gasteiger partial charge in [0.25, 0.3) is 5.91 Å². The number of nitrogens with zero attached hydrogens (tertiary/aromatic N) is 2. The average molecular weight is 334 g/mol. The molecule has 0 bridgehead atoms. The summed E-state index contributed by atoms with van der Waals surface area (Å²) in [5.41, 5.74) is 6.61. The first-order valence-corrected chi connectivity index (χ1v) is 7.80. The molecule has 3 rings (SSSR count). The lowest BCUT2D eigenvalue weighted by molar-refractivity contribution is 0.0950. The van der Waals surface area contributed by atoms with Gasteiger partial charge in [-0.1, -0.05) is 42.0 Å². The monoisotopic (exact) mass is 334 g/mol. The van der Waals surface area contributed by atoms with Crippen LogP contribution in [-0.4, -0.2) is 26.9 Å². The molecular weight excluding hydrogens is 316 g/mol. The number of carbonyl (C=O) groups is 1. The Morgan fingerprint density at radius 3 is 2.60 bits per heavy atom. The molecule has 0 unspecified atom stereocenters. The molecule has 0 fully saturated rings. The third-order valence-electron chi connectivity index (χ3n) is 3.79. The zero-order valence-corrected chi connectivity index (χ0v) is 13.9. The Bertz CT molecular complexity index is 927. The van der Waals surface area contributed by atoms with Gasteiger partial charge >= 0.3 is 0 Å². The van der Waals surface area contributed by atoms with Gasteiger partial charge in [0, 0.05) is 11.1 Å². The fourth-order valence-corrected chi connectivity index (χ4v) is 2.34. The highest BCUT2D eigenvalue weighted by Crippen LogP contribution is 2.18. The van der Waals surface area contributed by atoms with Crippen LogP contribution in [-0.2, 0) is 0 Å². The van der Waals surface area contributed by atoms with Crippen molar-refractivity contribution in [3.8, 4) is 17.0 Å². The number of aromatic amines is 1. The number of aryl methyl sites for hydroxylation is 1. The van der Waals surface area contributed by atoms with Crippen LogP contribution in [0.1, 0.15) is 28.5 Å². The molecule has 0 atom stereocenters. The highest BCUT2D eigenvalue weighted by atomic mass is 16.3. The maximum atomic E-state index is 12.2. The maximum absolute atomic E-state index is 12.2. The van der Waals surface area contributed by atoms with Gasteiger partial charge in [0.15, 0.2) is 0 Å². The molecule has 0 spiro atoms. The van der Waals surface area contributed by atoms with Crippen molar-refractivity contribution >= 4 is 11.6 Å². The number of hydrogen-bond donors (Lipinski definition) is 3. The van der Waals surface area contributed by atoms with Crippen molar-refractivity contribution in [3.63, 3.8) is 0 Å². The smallest absolute Gasteiger partial charge is 0.289 e. The van der Waals surface area contributed by atoms with E-state index in [-0.39, 0.29) is 5.75 Å². The predicted octanol–water partition coefficient (Wildman–Crippen LogP) is 3.24. The van der Waals surface area contributed by atoms with E-state index in [2.05, 4.69) is 20.7 Å². The summed E-state index contributed by atoms with van der Waals surface area (Å²) in [5.74, 6) is -0.290. The molecule has 0 aliphatic heterocycles. The topological polar surface area (TPSA) is 90.4 Å². The number of hydrogen-bond acceptors (Lipinski definition) is 4. The molecule has 3 aromatic rings. The van der Waals surface area contributed by atoms with Crippen LogP contribution in [0.4, 0.5) is 0 Å². The van der Waals surface area contributed by atoms with E-state index >= 15 is 0 Å². The Balaban J connectivity index is 1.73. The van der Waals surface area contributed by atoms with Crippen molar-refractivity contribution in [1.82, 2.24) is 15.6 Å². The molecule has 0 radical (unpaired) electrons. The molecular formula is C19H18N4O2. The summed E-state index contributed by atoms with van der Waals surface area (Å²) in [6.45, 7) is 3.72. The standard InChI is InChI=1S/C19H18N4O2/c1-12-7-9-14(10-8-12)16-11-17(22-21-16)19(25)23-20-13(2)15-5-3-4-6-18(15)24/h3-11,24H,1-2H3,(H,21,22)(H,23,25)/b20-13-. The summed E-state index contributed by atoms with van der Waals surface area (Å²) in [6, 6.07) is 16.4. The number of H-pyrrole nitrogens is 1. The lowest BCUT2D eigenvalue weighted by Gasteiger charge is -2.03. The van der Waals surface area contributed by atoms with Crippen LogP contribution in [0.15, 0.2) is 59.7 Å². The number of carbonyl (C=O) groups excluding carboxylic acids is 1. The van der Waals surface area contributed by atoms with Crippen LogP contribution in [0.3, 0.4) is 0 Å². The summed E-state index contributed by atoms with van der Waals surface area (Å²) in [5, 5.41) is 20.7. The summed E-state index contributed by atoms with van der Waals surface area (Å²) >= 11 is 0. The summed E-state index contributed by atoms with van der Waals surface area (Å²) in [4.78, 5) is 12.2. The molecule has 1 aromatic heterocycles. The van der Waals surface area contributed by atoms with E-state index in [1.807, 2.05) is 31.2 Å². The van der Waals surface area contributed by atoms with Gasteiger partial charge in [0.1, 0.15) is 11.4 Å². The highest BCUT2D eigenvalue weighted by molar-refractivity contribution is 6.02. The van der Waals surface area contributed by atoms with Crippen molar-refractivity contribution in [1.29, 1.82) is 0 Å². The second-order valence-corrected chi connectivity index (χ2v) is 5.69. The highest BCUT2D eigenvalue weighted by Gasteiger charge is 2.11. The number of amides is 1. The molecule has 25 heavy (non-hydrogen) atoms. The molecule has 6 nitrogen and oxygen atoms in total. The van der Waals surface area contributed by atoms with Crippen LogP contribution < -0.4 is 5.43 Å². The third kappa shape index (κ3) is 3.74. The number of hydrazone groups is 1. The Hall–Kier alpha value is -3.41. The number of benzene rings is 2. The molecule has 6 heteroatoms. The van der Waals surface area contributed by atoms with Gasteiger partial charge in [-0.3, -0.25) is 9.89 Å². The van der Waals surface area contributed by atoms with Crippen molar-refractivity contribution in [2.24, 2.45) is 5.10 Å². The van der Waals surface area contributed by atoms with Gasteiger partial charge in [-0.15, -0.1) is 0 Å². The van der Waals surface area contributed by atoms with E-state index in [0.29, 0.717) is 22.7 Å².